The molecular weight excluding hydrogens is 518 g/mol. The highest BCUT2D eigenvalue weighted by Gasteiger charge is 2.42. The third kappa shape index (κ3) is 14.8. The Morgan fingerprint density at radius 3 is 1.76 bits per heavy atom. The average molecular weight is 574 g/mol. The van der Waals surface area contributed by atoms with Crippen molar-refractivity contribution in [1.82, 2.24) is 4.90 Å². The van der Waals surface area contributed by atoms with Crippen LogP contribution in [0.1, 0.15) is 88.3 Å². The minimum Gasteiger partial charge on any atom is -0.444 e. The fourth-order valence-electron chi connectivity index (χ4n) is 5.39. The molecule has 2 aliphatic heterocycles. The second-order valence-electron chi connectivity index (χ2n) is 10.4. The zero-order valence-electron chi connectivity index (χ0n) is 26.2. The van der Waals surface area contributed by atoms with Crippen LogP contribution < -0.4 is 15.0 Å². The number of nitrogens with zero attached hydrogens (tertiary/aromatic N) is 1. The number of piperidine rings is 1. The van der Waals surface area contributed by atoms with E-state index in [2.05, 4.69) is 72.8 Å². The van der Waals surface area contributed by atoms with Crippen molar-refractivity contribution in [1.29, 1.82) is 0 Å². The molecule has 5 heteroatoms. The van der Waals surface area contributed by atoms with Gasteiger partial charge in [0, 0.05) is 26.1 Å². The van der Waals surface area contributed by atoms with Crippen LogP contribution in [0.25, 0.3) is 0 Å². The Morgan fingerprint density at radius 2 is 1.29 bits per heavy atom. The van der Waals surface area contributed by atoms with E-state index in [0.29, 0.717) is 12.5 Å². The summed E-state index contributed by atoms with van der Waals surface area (Å²) in [5.41, 5.74) is 2.25. The Hall–Kier alpha value is -3.72. The Labute approximate surface area is 257 Å². The van der Waals surface area contributed by atoms with Crippen molar-refractivity contribution in [3.8, 4) is 44.4 Å². The molecule has 5 rings (SSSR count). The first-order valence-electron chi connectivity index (χ1n) is 15.5. The molecule has 3 fully saturated rings. The number of quaternary nitrogens is 1. The number of benzene rings is 1. The molecule has 1 aromatic heterocycles. The fraction of sp³-hybridized carbons (Fsp3) is 0.514. The number of amides is 1. The normalized spacial score (nSPS) is 18.5. The Kier molecular flexibility index (Phi) is 23.9. The van der Waals surface area contributed by atoms with Gasteiger partial charge in [0.1, 0.15) is 0 Å². The summed E-state index contributed by atoms with van der Waals surface area (Å²) in [4.78, 5) is 18.5. The maximum Gasteiger partial charge on any atom is 0.370 e. The van der Waals surface area contributed by atoms with Crippen molar-refractivity contribution in [2.75, 3.05) is 32.8 Å². The van der Waals surface area contributed by atoms with Gasteiger partial charge in [0.2, 0.25) is 5.91 Å². The van der Waals surface area contributed by atoms with Crippen LogP contribution in [-0.4, -0.2) is 43.6 Å². The first-order chi connectivity index (χ1) is 20.7. The molecule has 1 unspecified atom stereocenters. The van der Waals surface area contributed by atoms with Crippen molar-refractivity contribution >= 4 is 5.91 Å². The summed E-state index contributed by atoms with van der Waals surface area (Å²) in [6.07, 6.45) is 37.5. The fourth-order valence-corrected chi connectivity index (χ4v) is 5.39. The van der Waals surface area contributed by atoms with E-state index in [4.69, 9.17) is 4.74 Å². The molecule has 1 amide bonds. The van der Waals surface area contributed by atoms with Crippen molar-refractivity contribution in [3.63, 3.8) is 0 Å². The monoisotopic (exact) mass is 573 g/mol. The molecule has 1 saturated carbocycles. The number of pyridine rings is 1. The third-order valence-electron chi connectivity index (χ3n) is 7.41. The van der Waals surface area contributed by atoms with Crippen LogP contribution in [0.5, 0.6) is 5.88 Å². The molecule has 228 valence electrons. The van der Waals surface area contributed by atoms with E-state index in [0.717, 1.165) is 62.6 Å². The number of hydrogen-bond acceptors (Lipinski definition) is 2. The average Bonchev–Trinajstić information content (AvgIpc) is 3.58. The number of aromatic nitrogens is 1. The summed E-state index contributed by atoms with van der Waals surface area (Å²) < 4.78 is 5.96. The van der Waals surface area contributed by atoms with Gasteiger partial charge in [-0.05, 0) is 31.7 Å². The van der Waals surface area contributed by atoms with Gasteiger partial charge >= 0.3 is 5.88 Å². The molecule has 0 bridgehead atoms. The second-order valence-corrected chi connectivity index (χ2v) is 10.4. The largest absolute Gasteiger partial charge is 0.444 e. The molecule has 3 heterocycles. The van der Waals surface area contributed by atoms with Gasteiger partial charge in [0.15, 0.2) is 5.69 Å². The maximum atomic E-state index is 13.0. The predicted molar refractivity (Wildman–Crippen MR) is 176 cm³/mol. The minimum absolute atomic E-state index is 0.0724. The van der Waals surface area contributed by atoms with Crippen molar-refractivity contribution in [2.45, 2.75) is 84.0 Å². The molecule has 3 aliphatic rings. The lowest BCUT2D eigenvalue weighted by Gasteiger charge is -2.29. The predicted octanol–water partition coefficient (Wildman–Crippen LogP) is 5.66. The topological polar surface area (TPSA) is 60.3 Å². The van der Waals surface area contributed by atoms with Crippen molar-refractivity contribution in [2.24, 2.45) is 5.92 Å². The number of likely N-dealkylation sites (tertiary alicyclic amines) is 1. The van der Waals surface area contributed by atoms with E-state index in [1.807, 2.05) is 43.3 Å². The van der Waals surface area contributed by atoms with Crippen LogP contribution in [0.4, 0.5) is 0 Å². The number of ether oxygens (including phenoxy) is 1. The van der Waals surface area contributed by atoms with Gasteiger partial charge in [0.05, 0.1) is 37.1 Å². The van der Waals surface area contributed by atoms with Gasteiger partial charge in [-0.15, -0.1) is 38.5 Å². The summed E-state index contributed by atoms with van der Waals surface area (Å²) in [7, 11) is 0. The number of carbonyl (C=O) groups is 1. The van der Waals surface area contributed by atoms with Crippen LogP contribution in [0, 0.1) is 51.4 Å². The molecule has 1 aromatic carbocycles. The van der Waals surface area contributed by atoms with Gasteiger partial charge in [-0.3, -0.25) is 4.79 Å². The maximum absolute atomic E-state index is 13.0. The third-order valence-corrected chi connectivity index (χ3v) is 7.41. The van der Waals surface area contributed by atoms with Gasteiger partial charge < -0.3 is 15.0 Å². The zero-order chi connectivity index (χ0) is 31.4. The van der Waals surface area contributed by atoms with E-state index < -0.39 is 0 Å². The number of carbonyl (C=O) groups excluding carboxylic acids is 1. The summed E-state index contributed by atoms with van der Waals surface area (Å²) in [6.45, 7) is 8.57. The Bertz CT molecular complexity index is 937. The highest BCUT2D eigenvalue weighted by atomic mass is 16.5. The highest BCUT2D eigenvalue weighted by Crippen LogP contribution is 2.32. The van der Waals surface area contributed by atoms with Gasteiger partial charge in [-0.25, -0.2) is 0 Å². The molecular formula is C37H55N3O2+2. The number of aromatic amines is 1. The molecule has 0 radical (unpaired) electrons. The summed E-state index contributed by atoms with van der Waals surface area (Å²) in [5.74, 6) is 1.51. The van der Waals surface area contributed by atoms with E-state index in [1.165, 1.54) is 44.9 Å². The number of terminal acetylenes is 3. The number of H-pyrrole nitrogens is 1. The van der Waals surface area contributed by atoms with Crippen molar-refractivity contribution in [3.05, 3.63) is 59.8 Å². The van der Waals surface area contributed by atoms with Gasteiger partial charge in [0.25, 0.3) is 0 Å². The molecule has 2 atom stereocenters. The summed E-state index contributed by atoms with van der Waals surface area (Å²) >= 11 is 0. The molecule has 42 heavy (non-hydrogen) atoms. The molecule has 5 nitrogen and oxygen atoms in total. The number of hydrogen-bond donors (Lipinski definition) is 1. The van der Waals surface area contributed by atoms with E-state index >= 15 is 0 Å². The van der Waals surface area contributed by atoms with E-state index in [1.54, 1.807) is 0 Å². The Balaban J connectivity index is 0.000000760. The summed E-state index contributed by atoms with van der Waals surface area (Å²) in [5, 5.41) is 2.28. The van der Waals surface area contributed by atoms with E-state index in [-0.39, 0.29) is 11.8 Å². The summed E-state index contributed by atoms with van der Waals surface area (Å²) in [6, 6.07) is 16.2. The molecule has 2 aromatic rings. The smallest absolute Gasteiger partial charge is 0.370 e. The quantitative estimate of drug-likeness (QED) is 0.469. The Morgan fingerprint density at radius 1 is 0.810 bits per heavy atom. The number of aryl methyl sites for hydroxylation is 1. The lowest BCUT2D eigenvalue weighted by Crippen LogP contribution is -2.81. The molecule has 3 N–H and O–H groups in total. The van der Waals surface area contributed by atoms with Crippen LogP contribution >= 0.6 is 0 Å². The number of nitrogens with one attached hydrogen (secondary N) is 1. The standard InChI is InChI=1S/C19H29N3O2.C6H12.C6H6.3C2H2/c1-3-11-24-18-15(8-7-14(2)21-18)16-12-20-13-17(16)19(23)22-9-5-4-6-10-22;2*1-2-4-6-5-3-1;3*1-2/h7-8,16-17,20H,3-6,9-13H2,1-2H3;1-6H2;1-6H;3*1-2H/p+2/t16-,17?;;;;;/m0...../s1. The van der Waals surface area contributed by atoms with Gasteiger partial charge in [-0.1, -0.05) is 81.8 Å². The molecule has 2 saturated heterocycles. The molecule has 0 spiro atoms. The van der Waals surface area contributed by atoms with Crippen LogP contribution in [0.15, 0.2) is 48.5 Å². The minimum atomic E-state index is 0.0724. The first-order valence-corrected chi connectivity index (χ1v) is 15.5. The van der Waals surface area contributed by atoms with Crippen molar-refractivity contribution < 1.29 is 19.8 Å². The first kappa shape index (κ1) is 38.3. The lowest BCUT2D eigenvalue weighted by molar-refractivity contribution is -0.638. The lowest BCUT2D eigenvalue weighted by atomic mass is 9.88. The second kappa shape index (κ2) is 26.2. The molecule has 1 aliphatic carbocycles. The zero-order valence-corrected chi connectivity index (χ0v) is 26.2. The SMILES string of the molecule is C#C.C#C.C#C.C1CCCCC1.CCCOc1[nH+]c(C)ccc1[C@@H]1C[NH2+]CC1C(=O)N1CCCCC1.c1ccccc1. The van der Waals surface area contributed by atoms with Crippen LogP contribution in [-0.2, 0) is 4.79 Å². The van der Waals surface area contributed by atoms with Crippen LogP contribution in [0.3, 0.4) is 0 Å². The van der Waals surface area contributed by atoms with Gasteiger partial charge in [-0.2, -0.15) is 4.98 Å². The number of rotatable bonds is 5. The van der Waals surface area contributed by atoms with Crippen LogP contribution in [0.2, 0.25) is 0 Å². The highest BCUT2D eigenvalue weighted by molar-refractivity contribution is 5.80. The number of nitrogens with two attached hydrogens (primary N) is 1. The van der Waals surface area contributed by atoms with E-state index in [9.17, 15) is 4.79 Å².